The van der Waals surface area contributed by atoms with Gasteiger partial charge in [-0.1, -0.05) is 61.6 Å². The zero-order chi connectivity index (χ0) is 16.7. The Kier molecular flexibility index (Phi) is 7.10. The van der Waals surface area contributed by atoms with Crippen LogP contribution in [0.2, 0.25) is 0 Å². The van der Waals surface area contributed by atoms with Gasteiger partial charge in [-0.2, -0.15) is 0 Å². The molecule has 0 aromatic heterocycles. The van der Waals surface area contributed by atoms with Crippen molar-refractivity contribution in [3.05, 3.63) is 35.9 Å². The summed E-state index contributed by atoms with van der Waals surface area (Å²) in [4.78, 5) is 11.5. The lowest BCUT2D eigenvalue weighted by Gasteiger charge is -2.19. The van der Waals surface area contributed by atoms with Crippen LogP contribution in [0, 0.1) is 18.8 Å². The Bertz CT molecular complexity index is 470. The van der Waals surface area contributed by atoms with Crippen LogP contribution in [0.1, 0.15) is 57.4 Å². The fraction of sp³-hybridized carbons (Fsp3) is 0.650. The Labute approximate surface area is 140 Å². The van der Waals surface area contributed by atoms with Crippen molar-refractivity contribution >= 4 is 5.97 Å². The van der Waals surface area contributed by atoms with Crippen LogP contribution < -0.4 is 5.73 Å². The maximum Gasteiger partial charge on any atom is 0.323 e. The topological polar surface area (TPSA) is 52.3 Å². The van der Waals surface area contributed by atoms with E-state index in [-0.39, 0.29) is 12.1 Å². The average molecular weight is 317 g/mol. The van der Waals surface area contributed by atoms with Crippen molar-refractivity contribution in [2.75, 3.05) is 0 Å². The standard InChI is InChI=1S/C13H23NO2.C7H8/c1-9-7-11(8-10-5-6-10)3-2-4-12(14)13(15)16-9;1-7-5-3-2-4-6-7/h9-12H,2-8,14H2,1H3;2-6H,1H3/t9?,11?,12-;/m0./s1. The first-order valence-corrected chi connectivity index (χ1v) is 9.02. The molecular weight excluding hydrogens is 286 g/mol. The minimum absolute atomic E-state index is 0.0420. The summed E-state index contributed by atoms with van der Waals surface area (Å²) in [7, 11) is 0. The zero-order valence-corrected chi connectivity index (χ0v) is 14.5. The summed E-state index contributed by atoms with van der Waals surface area (Å²) >= 11 is 0. The molecule has 2 N–H and O–H groups in total. The van der Waals surface area contributed by atoms with E-state index in [0.717, 1.165) is 31.1 Å². The largest absolute Gasteiger partial charge is 0.462 e. The highest BCUT2D eigenvalue weighted by Crippen LogP contribution is 2.38. The van der Waals surface area contributed by atoms with Crippen molar-refractivity contribution in [1.82, 2.24) is 0 Å². The molecule has 1 aliphatic carbocycles. The van der Waals surface area contributed by atoms with Crippen molar-refractivity contribution in [1.29, 1.82) is 0 Å². The molecule has 3 nitrogen and oxygen atoms in total. The second kappa shape index (κ2) is 9.07. The Hall–Kier alpha value is -1.35. The van der Waals surface area contributed by atoms with Crippen LogP contribution in [-0.4, -0.2) is 18.1 Å². The quantitative estimate of drug-likeness (QED) is 0.830. The highest BCUT2D eigenvalue weighted by molar-refractivity contribution is 5.75. The van der Waals surface area contributed by atoms with Gasteiger partial charge in [0, 0.05) is 0 Å². The van der Waals surface area contributed by atoms with E-state index in [0.29, 0.717) is 0 Å². The molecule has 0 amide bonds. The van der Waals surface area contributed by atoms with Gasteiger partial charge < -0.3 is 10.5 Å². The molecule has 2 aliphatic rings. The van der Waals surface area contributed by atoms with E-state index in [9.17, 15) is 4.79 Å². The summed E-state index contributed by atoms with van der Waals surface area (Å²) in [5.41, 5.74) is 7.09. The number of rotatable bonds is 2. The van der Waals surface area contributed by atoms with Gasteiger partial charge in [-0.05, 0) is 44.9 Å². The number of aryl methyl sites for hydroxylation is 1. The summed E-state index contributed by atoms with van der Waals surface area (Å²) in [5.74, 6) is 1.49. The van der Waals surface area contributed by atoms with Gasteiger partial charge in [0.1, 0.15) is 6.04 Å². The first kappa shape index (κ1) is 18.0. The smallest absolute Gasteiger partial charge is 0.323 e. The lowest BCUT2D eigenvalue weighted by molar-refractivity contribution is -0.150. The van der Waals surface area contributed by atoms with E-state index in [4.69, 9.17) is 10.5 Å². The van der Waals surface area contributed by atoms with E-state index < -0.39 is 6.04 Å². The van der Waals surface area contributed by atoms with Crippen molar-refractivity contribution in [2.45, 2.75) is 70.9 Å². The normalized spacial score (nSPS) is 28.5. The third kappa shape index (κ3) is 7.17. The lowest BCUT2D eigenvalue weighted by Crippen LogP contribution is -2.33. The minimum Gasteiger partial charge on any atom is -0.462 e. The van der Waals surface area contributed by atoms with Gasteiger partial charge in [0.15, 0.2) is 0 Å². The number of cyclic esters (lactones) is 1. The van der Waals surface area contributed by atoms with Crippen LogP contribution in [0.5, 0.6) is 0 Å². The number of carbonyl (C=O) groups excluding carboxylic acids is 1. The lowest BCUT2D eigenvalue weighted by atomic mass is 9.90. The summed E-state index contributed by atoms with van der Waals surface area (Å²) in [5, 5.41) is 0. The summed E-state index contributed by atoms with van der Waals surface area (Å²) in [6.07, 6.45) is 8.28. The number of esters is 1. The number of nitrogens with two attached hydrogens (primary N) is 1. The van der Waals surface area contributed by atoms with Crippen LogP contribution in [0.15, 0.2) is 30.3 Å². The molecule has 23 heavy (non-hydrogen) atoms. The van der Waals surface area contributed by atoms with Gasteiger partial charge in [0.2, 0.25) is 0 Å². The Morgan fingerprint density at radius 2 is 1.78 bits per heavy atom. The molecular formula is C20H31NO2. The molecule has 1 saturated heterocycles. The molecule has 1 saturated carbocycles. The molecule has 3 rings (SSSR count). The van der Waals surface area contributed by atoms with Gasteiger partial charge >= 0.3 is 5.97 Å². The Morgan fingerprint density at radius 1 is 1.09 bits per heavy atom. The predicted molar refractivity (Wildman–Crippen MR) is 94.0 cm³/mol. The Balaban J connectivity index is 0.000000229. The SMILES string of the molecule is CC1CC(CC2CC2)CCC[C@H](N)C(=O)O1.Cc1ccccc1. The Morgan fingerprint density at radius 3 is 2.35 bits per heavy atom. The van der Waals surface area contributed by atoms with Crippen molar-refractivity contribution in [3.63, 3.8) is 0 Å². The van der Waals surface area contributed by atoms with Crippen LogP contribution in [0.25, 0.3) is 0 Å². The summed E-state index contributed by atoms with van der Waals surface area (Å²) < 4.78 is 5.35. The van der Waals surface area contributed by atoms with Gasteiger partial charge in [0.05, 0.1) is 6.10 Å². The minimum atomic E-state index is -0.401. The second-order valence-electron chi connectivity index (χ2n) is 7.22. The molecule has 3 heteroatoms. The summed E-state index contributed by atoms with van der Waals surface area (Å²) in [6.45, 7) is 4.08. The van der Waals surface area contributed by atoms with Gasteiger partial charge in [-0.3, -0.25) is 4.79 Å². The first-order valence-electron chi connectivity index (χ1n) is 9.02. The van der Waals surface area contributed by atoms with Gasteiger partial charge in [-0.25, -0.2) is 0 Å². The van der Waals surface area contributed by atoms with E-state index in [1.54, 1.807) is 0 Å². The van der Waals surface area contributed by atoms with Crippen molar-refractivity contribution in [3.8, 4) is 0 Å². The zero-order valence-electron chi connectivity index (χ0n) is 14.5. The predicted octanol–water partition coefficient (Wildman–Crippen LogP) is 4.23. The molecule has 1 aromatic rings. The first-order chi connectivity index (χ1) is 11.0. The van der Waals surface area contributed by atoms with Gasteiger partial charge in [0.25, 0.3) is 0 Å². The fourth-order valence-electron chi connectivity index (χ4n) is 3.24. The highest BCUT2D eigenvalue weighted by Gasteiger charge is 2.29. The molecule has 1 aliphatic heterocycles. The van der Waals surface area contributed by atoms with Crippen LogP contribution in [0.4, 0.5) is 0 Å². The molecule has 128 valence electrons. The van der Waals surface area contributed by atoms with E-state index >= 15 is 0 Å². The van der Waals surface area contributed by atoms with Crippen LogP contribution in [-0.2, 0) is 9.53 Å². The molecule has 0 spiro atoms. The third-order valence-electron chi connectivity index (χ3n) is 4.72. The fourth-order valence-corrected chi connectivity index (χ4v) is 3.24. The molecule has 3 atom stereocenters. The maximum atomic E-state index is 11.5. The number of benzene rings is 1. The van der Waals surface area contributed by atoms with E-state index in [2.05, 4.69) is 19.1 Å². The van der Waals surface area contributed by atoms with Crippen LogP contribution in [0.3, 0.4) is 0 Å². The van der Waals surface area contributed by atoms with Crippen molar-refractivity contribution < 1.29 is 9.53 Å². The van der Waals surface area contributed by atoms with E-state index in [1.165, 1.54) is 31.2 Å². The second-order valence-corrected chi connectivity index (χ2v) is 7.22. The third-order valence-corrected chi connectivity index (χ3v) is 4.72. The number of ether oxygens (including phenoxy) is 1. The monoisotopic (exact) mass is 317 g/mol. The molecule has 0 bridgehead atoms. The highest BCUT2D eigenvalue weighted by atomic mass is 16.5. The molecule has 1 heterocycles. The molecule has 2 fully saturated rings. The molecule has 2 unspecified atom stereocenters. The summed E-state index contributed by atoms with van der Waals surface area (Å²) in [6, 6.07) is 9.86. The van der Waals surface area contributed by atoms with Crippen molar-refractivity contribution in [2.24, 2.45) is 17.6 Å². The number of hydrogen-bond donors (Lipinski definition) is 1. The molecule has 1 aromatic carbocycles. The average Bonchev–Trinajstić information content (AvgIpc) is 3.31. The number of carbonyl (C=O) groups is 1. The van der Waals surface area contributed by atoms with Crippen LogP contribution >= 0.6 is 0 Å². The number of hydrogen-bond acceptors (Lipinski definition) is 3. The van der Waals surface area contributed by atoms with E-state index in [1.807, 2.05) is 25.1 Å². The molecule has 0 radical (unpaired) electrons. The maximum absolute atomic E-state index is 11.5. The van der Waals surface area contributed by atoms with Gasteiger partial charge in [-0.15, -0.1) is 0 Å².